The third-order valence-electron chi connectivity index (χ3n) is 3.99. The number of rotatable bonds is 8. The summed E-state index contributed by atoms with van der Waals surface area (Å²) in [6, 6.07) is 5.97. The third-order valence-corrected chi connectivity index (χ3v) is 6.63. The van der Waals surface area contributed by atoms with Crippen molar-refractivity contribution in [2.75, 3.05) is 18.9 Å². The summed E-state index contributed by atoms with van der Waals surface area (Å²) < 4.78 is 26.3. The van der Waals surface area contributed by atoms with E-state index >= 15 is 0 Å². The van der Waals surface area contributed by atoms with Gasteiger partial charge in [0.2, 0.25) is 10.0 Å². The Hall–Kier alpha value is -1.77. The van der Waals surface area contributed by atoms with Crippen molar-refractivity contribution in [3.8, 4) is 0 Å². The van der Waals surface area contributed by atoms with Gasteiger partial charge in [-0.05, 0) is 36.6 Å². The number of unbranched alkanes of at least 4 members (excludes halogenated alkanes) is 1. The molecule has 0 spiro atoms. The fourth-order valence-electron chi connectivity index (χ4n) is 2.24. The van der Waals surface area contributed by atoms with Crippen molar-refractivity contribution in [3.63, 3.8) is 0 Å². The first-order chi connectivity index (χ1) is 12.3. The van der Waals surface area contributed by atoms with E-state index in [-0.39, 0.29) is 10.8 Å². The third kappa shape index (κ3) is 4.90. The van der Waals surface area contributed by atoms with Crippen LogP contribution in [0.15, 0.2) is 34.5 Å². The molecule has 1 amide bonds. The highest BCUT2D eigenvalue weighted by atomic mass is 32.2. The molecule has 6 nitrogen and oxygen atoms in total. The SMILES string of the molecule is CCCCN(C)S(=O)(=O)c1ccc(C(=O)Nc2nc(C(C)C)cs2)cc1. The number of hydrogen-bond acceptors (Lipinski definition) is 5. The first kappa shape index (κ1) is 20.5. The topological polar surface area (TPSA) is 79.4 Å². The molecule has 2 aromatic rings. The van der Waals surface area contributed by atoms with Gasteiger partial charge in [0, 0.05) is 24.5 Å². The molecule has 0 unspecified atom stereocenters. The Morgan fingerprint density at radius 2 is 1.92 bits per heavy atom. The molecule has 1 N–H and O–H groups in total. The molecule has 0 bridgehead atoms. The van der Waals surface area contributed by atoms with E-state index in [0.29, 0.717) is 23.2 Å². The minimum atomic E-state index is -3.53. The highest BCUT2D eigenvalue weighted by molar-refractivity contribution is 7.89. The van der Waals surface area contributed by atoms with Gasteiger partial charge in [-0.1, -0.05) is 27.2 Å². The lowest BCUT2D eigenvalue weighted by molar-refractivity contribution is 0.102. The molecule has 0 radical (unpaired) electrons. The Labute approximate surface area is 159 Å². The summed E-state index contributed by atoms with van der Waals surface area (Å²) in [7, 11) is -1.96. The lowest BCUT2D eigenvalue weighted by Gasteiger charge is -2.16. The Balaban J connectivity index is 2.09. The molecule has 1 aromatic heterocycles. The van der Waals surface area contributed by atoms with Crippen LogP contribution in [-0.4, -0.2) is 37.2 Å². The van der Waals surface area contributed by atoms with Gasteiger partial charge in [0.05, 0.1) is 10.6 Å². The van der Waals surface area contributed by atoms with E-state index in [4.69, 9.17) is 0 Å². The molecule has 0 fully saturated rings. The van der Waals surface area contributed by atoms with E-state index in [1.54, 1.807) is 7.05 Å². The second-order valence-electron chi connectivity index (χ2n) is 6.39. The summed E-state index contributed by atoms with van der Waals surface area (Å²) in [6.07, 6.45) is 1.73. The number of sulfonamides is 1. The fraction of sp³-hybridized carbons (Fsp3) is 0.444. The van der Waals surface area contributed by atoms with Crippen LogP contribution >= 0.6 is 11.3 Å². The quantitative estimate of drug-likeness (QED) is 0.734. The summed E-state index contributed by atoms with van der Waals surface area (Å²) in [5.74, 6) is -0.0102. The van der Waals surface area contributed by atoms with Crippen LogP contribution in [0.1, 0.15) is 55.6 Å². The zero-order valence-electron chi connectivity index (χ0n) is 15.5. The molecule has 8 heteroatoms. The molecule has 0 aliphatic heterocycles. The average Bonchev–Trinajstić information content (AvgIpc) is 3.08. The van der Waals surface area contributed by atoms with E-state index in [2.05, 4.69) is 10.3 Å². The van der Waals surface area contributed by atoms with Crippen LogP contribution in [0.3, 0.4) is 0 Å². The molecule has 0 atom stereocenters. The number of thiazole rings is 1. The maximum absolute atomic E-state index is 12.5. The number of carbonyl (C=O) groups excluding carboxylic acids is 1. The standard InChI is InChI=1S/C18H25N3O3S2/c1-5-6-11-21(4)26(23,24)15-9-7-14(8-10-15)17(22)20-18-19-16(12-25-18)13(2)3/h7-10,12-13H,5-6,11H2,1-4H3,(H,19,20,22). The van der Waals surface area contributed by atoms with Gasteiger partial charge >= 0.3 is 0 Å². The minimum absolute atomic E-state index is 0.184. The van der Waals surface area contributed by atoms with Gasteiger partial charge in [-0.2, -0.15) is 0 Å². The zero-order valence-corrected chi connectivity index (χ0v) is 17.2. The van der Waals surface area contributed by atoms with Crippen LogP contribution in [0, 0.1) is 0 Å². The van der Waals surface area contributed by atoms with Gasteiger partial charge < -0.3 is 0 Å². The molecule has 1 aromatic carbocycles. The van der Waals surface area contributed by atoms with Gasteiger partial charge in [0.25, 0.3) is 5.91 Å². The second-order valence-corrected chi connectivity index (χ2v) is 9.29. The van der Waals surface area contributed by atoms with Crippen LogP contribution < -0.4 is 5.32 Å². The Morgan fingerprint density at radius 1 is 1.27 bits per heavy atom. The first-order valence-electron chi connectivity index (χ1n) is 8.59. The molecular weight excluding hydrogens is 370 g/mol. The predicted octanol–water partition coefficient (Wildman–Crippen LogP) is 3.94. The van der Waals surface area contributed by atoms with Crippen molar-refractivity contribution in [3.05, 3.63) is 40.9 Å². The number of amides is 1. The van der Waals surface area contributed by atoms with Gasteiger partial charge in [0.1, 0.15) is 0 Å². The number of aromatic nitrogens is 1. The molecular formula is C18H25N3O3S2. The van der Waals surface area contributed by atoms with Crippen LogP contribution in [0.5, 0.6) is 0 Å². The number of anilines is 1. The maximum atomic E-state index is 12.5. The van der Waals surface area contributed by atoms with E-state index < -0.39 is 10.0 Å². The molecule has 1 heterocycles. The highest BCUT2D eigenvalue weighted by Gasteiger charge is 2.20. The average molecular weight is 396 g/mol. The van der Waals surface area contributed by atoms with Crippen molar-refractivity contribution < 1.29 is 13.2 Å². The van der Waals surface area contributed by atoms with Gasteiger partial charge in [-0.3, -0.25) is 10.1 Å². The monoisotopic (exact) mass is 395 g/mol. The maximum Gasteiger partial charge on any atom is 0.257 e. The van der Waals surface area contributed by atoms with Crippen molar-refractivity contribution in [1.82, 2.24) is 9.29 Å². The number of nitrogens with one attached hydrogen (secondary N) is 1. The molecule has 0 aliphatic carbocycles. The molecule has 26 heavy (non-hydrogen) atoms. The normalized spacial score (nSPS) is 11.9. The van der Waals surface area contributed by atoms with Gasteiger partial charge in [-0.25, -0.2) is 17.7 Å². The first-order valence-corrected chi connectivity index (χ1v) is 10.9. The van der Waals surface area contributed by atoms with E-state index in [9.17, 15) is 13.2 Å². The number of hydrogen-bond donors (Lipinski definition) is 1. The van der Waals surface area contributed by atoms with E-state index in [1.807, 2.05) is 26.2 Å². The molecule has 0 aliphatic rings. The number of nitrogens with zero attached hydrogens (tertiary/aromatic N) is 2. The molecule has 142 valence electrons. The van der Waals surface area contributed by atoms with E-state index in [1.165, 1.54) is 39.9 Å². The Bertz CT molecular complexity index is 843. The smallest absolute Gasteiger partial charge is 0.257 e. The second kappa shape index (κ2) is 8.75. The highest BCUT2D eigenvalue weighted by Crippen LogP contribution is 2.22. The zero-order chi connectivity index (χ0) is 19.3. The fourth-order valence-corrected chi connectivity index (χ4v) is 4.31. The largest absolute Gasteiger partial charge is 0.298 e. The lowest BCUT2D eigenvalue weighted by Crippen LogP contribution is -2.28. The van der Waals surface area contributed by atoms with Crippen LogP contribution in [-0.2, 0) is 10.0 Å². The molecule has 2 rings (SSSR count). The van der Waals surface area contributed by atoms with Crippen molar-refractivity contribution in [1.29, 1.82) is 0 Å². The van der Waals surface area contributed by atoms with Crippen LogP contribution in [0.25, 0.3) is 0 Å². The Kier molecular flexibility index (Phi) is 6.91. The molecule has 0 saturated heterocycles. The molecule has 0 saturated carbocycles. The predicted molar refractivity (Wildman–Crippen MR) is 105 cm³/mol. The van der Waals surface area contributed by atoms with Crippen molar-refractivity contribution in [2.24, 2.45) is 0 Å². The van der Waals surface area contributed by atoms with E-state index in [0.717, 1.165) is 18.5 Å². The van der Waals surface area contributed by atoms with Crippen LogP contribution in [0.2, 0.25) is 0 Å². The van der Waals surface area contributed by atoms with Gasteiger partial charge in [0.15, 0.2) is 5.13 Å². The summed E-state index contributed by atoms with van der Waals surface area (Å²) in [5.41, 5.74) is 1.32. The summed E-state index contributed by atoms with van der Waals surface area (Å²) in [6.45, 7) is 6.57. The van der Waals surface area contributed by atoms with Crippen molar-refractivity contribution >= 4 is 32.4 Å². The summed E-state index contributed by atoms with van der Waals surface area (Å²) >= 11 is 1.37. The number of benzene rings is 1. The van der Waals surface area contributed by atoms with Crippen molar-refractivity contribution in [2.45, 2.75) is 44.4 Å². The minimum Gasteiger partial charge on any atom is -0.298 e. The number of carbonyl (C=O) groups is 1. The Morgan fingerprint density at radius 3 is 2.46 bits per heavy atom. The summed E-state index contributed by atoms with van der Waals surface area (Å²) in [4.78, 5) is 16.9. The lowest BCUT2D eigenvalue weighted by atomic mass is 10.2. The van der Waals surface area contributed by atoms with Crippen LogP contribution in [0.4, 0.5) is 5.13 Å². The van der Waals surface area contributed by atoms with Gasteiger partial charge in [-0.15, -0.1) is 11.3 Å². The summed E-state index contributed by atoms with van der Waals surface area (Å²) in [5, 5.41) is 5.21.